The molecule has 3 N–H and O–H groups in total. The summed E-state index contributed by atoms with van der Waals surface area (Å²) in [7, 11) is 2.02. The molecule has 0 unspecified atom stereocenters. The van der Waals surface area contributed by atoms with Crippen LogP contribution in [0.1, 0.15) is 30.9 Å². The lowest BCUT2D eigenvalue weighted by molar-refractivity contribution is -0.127. The van der Waals surface area contributed by atoms with Gasteiger partial charge in [-0.25, -0.2) is 4.98 Å². The second-order valence-corrected chi connectivity index (χ2v) is 8.57. The number of benzene rings is 1. The van der Waals surface area contributed by atoms with Crippen LogP contribution in [0.4, 0.5) is 30.4 Å². The van der Waals surface area contributed by atoms with Crippen molar-refractivity contribution in [2.45, 2.75) is 38.4 Å². The number of halogens is 3. The van der Waals surface area contributed by atoms with Crippen molar-refractivity contribution in [3.05, 3.63) is 72.6 Å². The van der Waals surface area contributed by atoms with Gasteiger partial charge in [-0.3, -0.25) is 0 Å². The molecule has 3 rings (SSSR count). The van der Waals surface area contributed by atoms with E-state index in [1.807, 2.05) is 13.1 Å². The summed E-state index contributed by atoms with van der Waals surface area (Å²) in [6.45, 7) is 9.96. The van der Waals surface area contributed by atoms with Crippen molar-refractivity contribution in [2.24, 2.45) is 5.92 Å². The fourth-order valence-corrected chi connectivity index (χ4v) is 3.95. The Bertz CT molecular complexity index is 1010. The van der Waals surface area contributed by atoms with Crippen molar-refractivity contribution in [3.8, 4) is 0 Å². The number of hydrogen-bond acceptors (Lipinski definition) is 5. The Hall–Kier alpha value is -3.29. The average Bonchev–Trinajstić information content (AvgIpc) is 2.74. The van der Waals surface area contributed by atoms with Gasteiger partial charge in [-0.1, -0.05) is 32.2 Å². The van der Waals surface area contributed by atoms with Gasteiger partial charge in [0.1, 0.15) is 5.82 Å². The van der Waals surface area contributed by atoms with Crippen LogP contribution in [0, 0.1) is 11.3 Å². The molecule has 8 heteroatoms. The summed E-state index contributed by atoms with van der Waals surface area (Å²) >= 11 is 0. The summed E-state index contributed by atoms with van der Waals surface area (Å²) in [6, 6.07) is 8.37. The maximum Gasteiger partial charge on any atom is 0.393 e. The normalized spacial score (nSPS) is 17.6. The fraction of sp³-hybridized carbons (Fsp3) is 0.360. The van der Waals surface area contributed by atoms with Crippen molar-refractivity contribution in [1.82, 2.24) is 10.3 Å². The topological polar surface area (TPSA) is 64.0 Å². The summed E-state index contributed by atoms with van der Waals surface area (Å²) < 4.78 is 38.0. The van der Waals surface area contributed by atoms with Crippen LogP contribution in [-0.2, 0) is 6.42 Å². The van der Waals surface area contributed by atoms with E-state index in [1.54, 1.807) is 24.4 Å². The highest BCUT2D eigenvalue weighted by Gasteiger charge is 2.31. The smallest absolute Gasteiger partial charge is 0.380 e. The van der Waals surface area contributed by atoms with Gasteiger partial charge < -0.3 is 20.9 Å². The maximum atomic E-state index is 12.7. The fourth-order valence-electron chi connectivity index (χ4n) is 3.95. The minimum atomic E-state index is -4.25. The lowest BCUT2D eigenvalue weighted by atomic mass is 9.80. The van der Waals surface area contributed by atoms with E-state index >= 15 is 0 Å². The van der Waals surface area contributed by atoms with Crippen molar-refractivity contribution in [2.75, 3.05) is 23.8 Å². The van der Waals surface area contributed by atoms with E-state index < -0.39 is 12.6 Å². The van der Waals surface area contributed by atoms with Crippen LogP contribution in [0.3, 0.4) is 0 Å². The third-order valence-corrected chi connectivity index (χ3v) is 5.87. The summed E-state index contributed by atoms with van der Waals surface area (Å²) in [6.07, 6.45) is 0.211. The number of alkyl halides is 3. The number of allylic oxidation sites excluding steroid dienone is 1. The Morgan fingerprint density at radius 3 is 2.48 bits per heavy atom. The number of nitrogens with zero attached hydrogens (tertiary/aromatic N) is 2. The number of hydrogen-bond donors (Lipinski definition) is 3. The monoisotopic (exact) mass is 457 g/mol. The Balaban J connectivity index is 1.89. The molecule has 0 spiro atoms. The van der Waals surface area contributed by atoms with E-state index in [0.717, 1.165) is 18.5 Å². The molecule has 176 valence electrons. The van der Waals surface area contributed by atoms with Gasteiger partial charge in [-0.05, 0) is 48.6 Å². The van der Waals surface area contributed by atoms with Gasteiger partial charge in [-0.15, -0.1) is 0 Å². The van der Waals surface area contributed by atoms with Crippen LogP contribution in [0.5, 0.6) is 0 Å². The summed E-state index contributed by atoms with van der Waals surface area (Å²) in [5.74, 6) is 1.15. The Kier molecular flexibility index (Phi) is 7.46. The molecule has 1 aliphatic rings. The van der Waals surface area contributed by atoms with E-state index in [-0.39, 0.29) is 12.1 Å². The van der Waals surface area contributed by atoms with E-state index in [4.69, 9.17) is 5.41 Å². The maximum absolute atomic E-state index is 12.7. The van der Waals surface area contributed by atoms with Crippen LogP contribution in [0.15, 0.2) is 61.5 Å². The van der Waals surface area contributed by atoms with Crippen molar-refractivity contribution >= 4 is 22.9 Å². The molecule has 1 aromatic carbocycles. The lowest BCUT2D eigenvalue weighted by Gasteiger charge is -2.41. The van der Waals surface area contributed by atoms with Crippen LogP contribution in [0.2, 0.25) is 0 Å². The summed E-state index contributed by atoms with van der Waals surface area (Å²) in [4.78, 5) is 6.64. The van der Waals surface area contributed by atoms with Gasteiger partial charge in [0.05, 0.1) is 29.9 Å². The molecule has 33 heavy (non-hydrogen) atoms. The molecule has 1 fully saturated rings. The number of anilines is 3. The minimum absolute atomic E-state index is 0.189. The Morgan fingerprint density at radius 1 is 1.24 bits per heavy atom. The molecule has 1 saturated carbocycles. The van der Waals surface area contributed by atoms with Gasteiger partial charge >= 0.3 is 6.18 Å². The third kappa shape index (κ3) is 6.37. The average molecular weight is 458 g/mol. The second-order valence-electron chi connectivity index (χ2n) is 8.57. The van der Waals surface area contributed by atoms with Gasteiger partial charge in [-0.2, -0.15) is 13.2 Å². The zero-order chi connectivity index (χ0) is 24.2. The molecule has 0 atom stereocenters. The predicted molar refractivity (Wildman–Crippen MR) is 128 cm³/mol. The SMILES string of the molecule is C=CC(=C)NCC(=N)c1c(N(C)C2CC(C)C2)ccnc1Nc1ccc(CC(F)(F)F)cc1. The molecule has 5 nitrogen and oxygen atoms in total. The van der Waals surface area contributed by atoms with Gasteiger partial charge in [0.25, 0.3) is 0 Å². The molecule has 0 radical (unpaired) electrons. The highest BCUT2D eigenvalue weighted by molar-refractivity contribution is 6.09. The quantitative estimate of drug-likeness (QED) is 0.311. The van der Waals surface area contributed by atoms with Crippen LogP contribution >= 0.6 is 0 Å². The molecule has 0 aliphatic heterocycles. The van der Waals surface area contributed by atoms with Gasteiger partial charge in [0, 0.05) is 30.7 Å². The Labute approximate surface area is 192 Å². The first-order valence-corrected chi connectivity index (χ1v) is 10.8. The molecule has 1 heterocycles. The summed E-state index contributed by atoms with van der Waals surface area (Å²) in [5.41, 5.74) is 3.24. The molecule has 0 saturated heterocycles. The summed E-state index contributed by atoms with van der Waals surface area (Å²) in [5, 5.41) is 15.0. The molecular weight excluding hydrogens is 427 g/mol. The van der Waals surface area contributed by atoms with E-state index in [2.05, 4.69) is 40.6 Å². The van der Waals surface area contributed by atoms with Crippen LogP contribution in [-0.4, -0.2) is 36.5 Å². The predicted octanol–water partition coefficient (Wildman–Crippen LogP) is 5.82. The van der Waals surface area contributed by atoms with E-state index in [0.29, 0.717) is 40.4 Å². The van der Waals surface area contributed by atoms with Gasteiger partial charge in [0.15, 0.2) is 0 Å². The molecule has 0 bridgehead atoms. The lowest BCUT2D eigenvalue weighted by Crippen LogP contribution is -2.42. The first-order valence-electron chi connectivity index (χ1n) is 10.8. The van der Waals surface area contributed by atoms with Crippen molar-refractivity contribution < 1.29 is 13.2 Å². The van der Waals surface area contributed by atoms with E-state index in [9.17, 15) is 13.2 Å². The zero-order valence-corrected chi connectivity index (χ0v) is 19.0. The largest absolute Gasteiger partial charge is 0.393 e. The molecule has 1 aliphatic carbocycles. The molecule has 2 aromatic rings. The van der Waals surface area contributed by atoms with Gasteiger partial charge in [0.2, 0.25) is 0 Å². The third-order valence-electron chi connectivity index (χ3n) is 5.87. The Morgan fingerprint density at radius 2 is 1.91 bits per heavy atom. The molecule has 1 aromatic heterocycles. The highest BCUT2D eigenvalue weighted by Crippen LogP contribution is 2.36. The standard InChI is InChI=1S/C25H30F3N5/c1-5-17(3)31-15-21(29)23-22(33(4)20-12-16(2)13-20)10-11-30-24(23)32-19-8-6-18(7-9-19)14-25(26,27)28/h5-11,16,20,29,31H,1,3,12-15H2,2,4H3,(H,30,32). The zero-order valence-electron chi connectivity index (χ0n) is 19.0. The molecule has 0 amide bonds. The number of rotatable bonds is 10. The number of pyridine rings is 1. The van der Waals surface area contributed by atoms with Crippen LogP contribution in [0.25, 0.3) is 0 Å². The second kappa shape index (κ2) is 10.1. The van der Waals surface area contributed by atoms with E-state index in [1.165, 1.54) is 12.1 Å². The van der Waals surface area contributed by atoms with Crippen molar-refractivity contribution in [1.29, 1.82) is 5.41 Å². The molecular formula is C25H30F3N5. The first kappa shape index (κ1) is 24.4. The number of aromatic nitrogens is 1. The first-order chi connectivity index (χ1) is 15.6. The minimum Gasteiger partial charge on any atom is -0.380 e. The highest BCUT2D eigenvalue weighted by atomic mass is 19.4. The van der Waals surface area contributed by atoms with Crippen LogP contribution < -0.4 is 15.5 Å². The number of nitrogens with one attached hydrogen (secondary N) is 3. The van der Waals surface area contributed by atoms with Crippen molar-refractivity contribution in [3.63, 3.8) is 0 Å².